The van der Waals surface area contributed by atoms with Crippen LogP contribution in [0.3, 0.4) is 0 Å². The Morgan fingerprint density at radius 1 is 1.28 bits per heavy atom. The zero-order valence-electron chi connectivity index (χ0n) is 15.4. The number of aromatic nitrogens is 1. The molecule has 154 valence electrons. The van der Waals surface area contributed by atoms with E-state index in [0.29, 0.717) is 18.5 Å². The number of pyridine rings is 1. The van der Waals surface area contributed by atoms with Crippen LogP contribution in [0.25, 0.3) is 5.57 Å². The lowest BCUT2D eigenvalue weighted by molar-refractivity contribution is 0.0950. The highest BCUT2D eigenvalue weighted by molar-refractivity contribution is 5.90. The van der Waals surface area contributed by atoms with Crippen LogP contribution in [0.1, 0.15) is 29.3 Å². The van der Waals surface area contributed by atoms with Crippen molar-refractivity contribution >= 4 is 17.3 Å². The number of anilines is 1. The SMILES string of the molecule is O=C(Nc1ccc(CF)c(F)c1)N1CC=C(c2ncc([C@H](O)CO)cc2F)CC1. The molecule has 1 aliphatic heterocycles. The molecule has 0 radical (unpaired) electrons. The molecular weight excluding hydrogens is 387 g/mol. The molecule has 0 spiro atoms. The Labute approximate surface area is 165 Å². The smallest absolute Gasteiger partial charge is 0.322 e. The third kappa shape index (κ3) is 4.75. The van der Waals surface area contributed by atoms with E-state index in [0.717, 1.165) is 12.1 Å². The fourth-order valence-electron chi connectivity index (χ4n) is 2.98. The van der Waals surface area contributed by atoms with Crippen molar-refractivity contribution in [2.24, 2.45) is 0 Å². The van der Waals surface area contributed by atoms with Crippen molar-refractivity contribution in [2.75, 3.05) is 25.0 Å². The molecule has 1 aliphatic rings. The van der Waals surface area contributed by atoms with E-state index in [-0.39, 0.29) is 29.1 Å². The normalized spacial score (nSPS) is 15.1. The Hall–Kier alpha value is -2.91. The molecule has 6 nitrogen and oxygen atoms in total. The Balaban J connectivity index is 1.66. The van der Waals surface area contributed by atoms with Crippen LogP contribution < -0.4 is 5.32 Å². The molecule has 29 heavy (non-hydrogen) atoms. The highest BCUT2D eigenvalue weighted by atomic mass is 19.1. The fourth-order valence-corrected chi connectivity index (χ4v) is 2.98. The lowest BCUT2D eigenvalue weighted by Crippen LogP contribution is -2.38. The second-order valence-electron chi connectivity index (χ2n) is 6.59. The Kier molecular flexibility index (Phi) is 6.50. The molecule has 0 bridgehead atoms. The standard InChI is InChI=1S/C20H20F3N3O3/c21-9-13-1-2-15(8-16(13)22)25-20(29)26-5-3-12(4-6-26)19-17(23)7-14(10-24-19)18(28)11-27/h1-3,7-8,10,18,27-28H,4-6,9,11H2,(H,25,29)/t18-/m1/s1. The van der Waals surface area contributed by atoms with E-state index in [9.17, 15) is 23.1 Å². The number of carbonyl (C=O) groups excluding carboxylic acids is 1. The van der Waals surface area contributed by atoms with E-state index in [1.54, 1.807) is 6.08 Å². The van der Waals surface area contributed by atoms with Crippen molar-refractivity contribution in [3.05, 3.63) is 65.0 Å². The minimum absolute atomic E-state index is 0.0828. The average molecular weight is 407 g/mol. The lowest BCUT2D eigenvalue weighted by atomic mass is 10.0. The number of hydrogen-bond donors (Lipinski definition) is 3. The average Bonchev–Trinajstić information content (AvgIpc) is 2.73. The summed E-state index contributed by atoms with van der Waals surface area (Å²) >= 11 is 0. The van der Waals surface area contributed by atoms with Gasteiger partial charge in [0.1, 0.15) is 30.1 Å². The third-order valence-electron chi connectivity index (χ3n) is 4.67. The summed E-state index contributed by atoms with van der Waals surface area (Å²) in [6.07, 6.45) is 2.13. The number of alkyl halides is 1. The summed E-state index contributed by atoms with van der Waals surface area (Å²) in [5.41, 5.74) is 1.06. The number of aliphatic hydroxyl groups excluding tert-OH is 2. The molecule has 1 aromatic heterocycles. The molecule has 0 aliphatic carbocycles. The first kappa shape index (κ1) is 20.8. The molecule has 3 N–H and O–H groups in total. The van der Waals surface area contributed by atoms with Gasteiger partial charge in [-0.3, -0.25) is 4.98 Å². The fraction of sp³-hybridized carbons (Fsp3) is 0.300. The highest BCUT2D eigenvalue weighted by Crippen LogP contribution is 2.25. The van der Waals surface area contributed by atoms with E-state index in [1.165, 1.54) is 23.2 Å². The van der Waals surface area contributed by atoms with E-state index in [4.69, 9.17) is 5.11 Å². The Morgan fingerprint density at radius 2 is 2.07 bits per heavy atom. The Morgan fingerprint density at radius 3 is 2.66 bits per heavy atom. The zero-order chi connectivity index (χ0) is 21.0. The van der Waals surface area contributed by atoms with Gasteiger partial charge in [0.15, 0.2) is 0 Å². The molecule has 2 aromatic rings. The van der Waals surface area contributed by atoms with Gasteiger partial charge in [0.2, 0.25) is 0 Å². The van der Waals surface area contributed by atoms with Crippen molar-refractivity contribution in [1.29, 1.82) is 0 Å². The zero-order valence-corrected chi connectivity index (χ0v) is 15.4. The second-order valence-corrected chi connectivity index (χ2v) is 6.59. The van der Waals surface area contributed by atoms with E-state index in [2.05, 4.69) is 10.3 Å². The molecule has 3 rings (SSSR count). The van der Waals surface area contributed by atoms with Crippen LogP contribution in [0.15, 0.2) is 36.5 Å². The van der Waals surface area contributed by atoms with Gasteiger partial charge in [0, 0.05) is 36.1 Å². The maximum absolute atomic E-state index is 14.3. The van der Waals surface area contributed by atoms with Gasteiger partial charge in [-0.2, -0.15) is 0 Å². The highest BCUT2D eigenvalue weighted by Gasteiger charge is 2.21. The molecular formula is C20H20F3N3O3. The monoisotopic (exact) mass is 407 g/mol. The van der Waals surface area contributed by atoms with Gasteiger partial charge in [0.25, 0.3) is 0 Å². The van der Waals surface area contributed by atoms with Gasteiger partial charge in [-0.05, 0) is 30.2 Å². The number of halogens is 3. The quantitative estimate of drug-likeness (QED) is 0.711. The number of benzene rings is 1. The van der Waals surface area contributed by atoms with Crippen LogP contribution in [0, 0.1) is 11.6 Å². The number of rotatable bonds is 5. The molecule has 0 fully saturated rings. The minimum Gasteiger partial charge on any atom is -0.393 e. The van der Waals surface area contributed by atoms with Crippen molar-refractivity contribution in [2.45, 2.75) is 19.2 Å². The van der Waals surface area contributed by atoms with Gasteiger partial charge < -0.3 is 20.4 Å². The summed E-state index contributed by atoms with van der Waals surface area (Å²) in [5.74, 6) is -1.36. The largest absolute Gasteiger partial charge is 0.393 e. The molecule has 0 unspecified atom stereocenters. The summed E-state index contributed by atoms with van der Waals surface area (Å²) in [6, 6.07) is 4.41. The van der Waals surface area contributed by atoms with Gasteiger partial charge in [0.05, 0.1) is 6.61 Å². The van der Waals surface area contributed by atoms with E-state index in [1.807, 2.05) is 0 Å². The van der Waals surface area contributed by atoms with Crippen LogP contribution in [0.2, 0.25) is 0 Å². The van der Waals surface area contributed by atoms with Gasteiger partial charge in [-0.1, -0.05) is 12.1 Å². The molecule has 2 amide bonds. The second kappa shape index (κ2) is 9.06. The third-order valence-corrected chi connectivity index (χ3v) is 4.67. The molecule has 9 heteroatoms. The first-order valence-electron chi connectivity index (χ1n) is 8.97. The molecule has 1 atom stereocenters. The number of hydrogen-bond acceptors (Lipinski definition) is 4. The maximum Gasteiger partial charge on any atom is 0.322 e. The first-order valence-corrected chi connectivity index (χ1v) is 8.97. The number of urea groups is 1. The predicted molar refractivity (Wildman–Crippen MR) is 101 cm³/mol. The van der Waals surface area contributed by atoms with Gasteiger partial charge in [-0.15, -0.1) is 0 Å². The molecule has 0 saturated carbocycles. The summed E-state index contributed by atoms with van der Waals surface area (Å²) in [7, 11) is 0. The number of amides is 2. The van der Waals surface area contributed by atoms with Crippen LogP contribution in [-0.2, 0) is 6.67 Å². The predicted octanol–water partition coefficient (Wildman–Crippen LogP) is 3.18. The van der Waals surface area contributed by atoms with Crippen LogP contribution >= 0.6 is 0 Å². The number of aliphatic hydroxyl groups is 2. The first-order chi connectivity index (χ1) is 13.9. The van der Waals surface area contributed by atoms with Crippen molar-refractivity contribution < 1.29 is 28.2 Å². The summed E-state index contributed by atoms with van der Waals surface area (Å²) in [5, 5.41) is 21.0. The lowest BCUT2D eigenvalue weighted by Gasteiger charge is -2.26. The maximum atomic E-state index is 14.3. The van der Waals surface area contributed by atoms with Crippen LogP contribution in [-0.4, -0.2) is 45.8 Å². The topological polar surface area (TPSA) is 85.7 Å². The van der Waals surface area contributed by atoms with E-state index < -0.39 is 37.1 Å². The summed E-state index contributed by atoms with van der Waals surface area (Å²) in [6.45, 7) is -0.961. The van der Waals surface area contributed by atoms with E-state index >= 15 is 0 Å². The molecule has 0 saturated heterocycles. The van der Waals surface area contributed by atoms with Gasteiger partial charge >= 0.3 is 6.03 Å². The number of carbonyl (C=O) groups is 1. The molecule has 1 aromatic carbocycles. The van der Waals surface area contributed by atoms with Gasteiger partial charge in [-0.25, -0.2) is 18.0 Å². The minimum atomic E-state index is -1.20. The van der Waals surface area contributed by atoms with Crippen molar-refractivity contribution in [3.8, 4) is 0 Å². The van der Waals surface area contributed by atoms with Crippen LogP contribution in [0.4, 0.5) is 23.7 Å². The van der Waals surface area contributed by atoms with Crippen molar-refractivity contribution in [3.63, 3.8) is 0 Å². The number of nitrogens with one attached hydrogen (secondary N) is 1. The molecule has 2 heterocycles. The summed E-state index contributed by atoms with van der Waals surface area (Å²) in [4.78, 5) is 17.8. The Bertz CT molecular complexity index is 936. The van der Waals surface area contributed by atoms with Crippen LogP contribution in [0.5, 0.6) is 0 Å². The number of nitrogens with zero attached hydrogens (tertiary/aromatic N) is 2. The van der Waals surface area contributed by atoms with Crippen molar-refractivity contribution in [1.82, 2.24) is 9.88 Å². The summed E-state index contributed by atoms with van der Waals surface area (Å²) < 4.78 is 40.5.